The van der Waals surface area contributed by atoms with Crippen molar-refractivity contribution in [3.63, 3.8) is 0 Å². The van der Waals surface area contributed by atoms with Crippen molar-refractivity contribution in [3.8, 4) is 0 Å². The van der Waals surface area contributed by atoms with Gasteiger partial charge in [0.05, 0.1) is 6.54 Å². The SMILES string of the molecule is O=C(CCC1NC(=O)N(Cc2ccccc2)C1=O)N1CCN(c2ccccn2)CC1. The molecule has 2 aromatic rings. The molecule has 1 unspecified atom stereocenters. The lowest BCUT2D eigenvalue weighted by Gasteiger charge is -2.35. The first-order chi connectivity index (χ1) is 14.6. The van der Waals surface area contributed by atoms with Crippen LogP contribution < -0.4 is 10.2 Å². The molecule has 2 saturated heterocycles. The standard InChI is InChI=1S/C22H25N5O3/c28-20(26-14-12-25(13-15-26)19-8-4-5-11-23-19)10-9-18-21(29)27(22(30)24-18)16-17-6-2-1-3-7-17/h1-8,11,18H,9-10,12-16H2,(H,24,30). The Labute approximate surface area is 175 Å². The van der Waals surface area contributed by atoms with Gasteiger partial charge in [0, 0.05) is 38.8 Å². The number of nitrogens with one attached hydrogen (secondary N) is 1. The van der Waals surface area contributed by atoms with Gasteiger partial charge in [0.25, 0.3) is 5.91 Å². The summed E-state index contributed by atoms with van der Waals surface area (Å²) in [4.78, 5) is 47.0. The number of carbonyl (C=O) groups excluding carboxylic acids is 3. The van der Waals surface area contributed by atoms with Crippen molar-refractivity contribution in [2.45, 2.75) is 25.4 Å². The van der Waals surface area contributed by atoms with Gasteiger partial charge in [-0.15, -0.1) is 0 Å². The molecule has 0 saturated carbocycles. The fourth-order valence-electron chi connectivity index (χ4n) is 3.84. The van der Waals surface area contributed by atoms with E-state index in [0.717, 1.165) is 24.5 Å². The number of amides is 4. The summed E-state index contributed by atoms with van der Waals surface area (Å²) in [5, 5.41) is 2.71. The minimum absolute atomic E-state index is 0.0132. The van der Waals surface area contributed by atoms with E-state index in [9.17, 15) is 14.4 Å². The average Bonchev–Trinajstić information content (AvgIpc) is 3.06. The van der Waals surface area contributed by atoms with Crippen LogP contribution in [0.2, 0.25) is 0 Å². The molecule has 30 heavy (non-hydrogen) atoms. The van der Waals surface area contributed by atoms with E-state index in [1.165, 1.54) is 4.90 Å². The Kier molecular flexibility index (Phi) is 5.92. The number of hydrogen-bond acceptors (Lipinski definition) is 5. The number of carbonyl (C=O) groups is 3. The highest BCUT2D eigenvalue weighted by atomic mass is 16.2. The van der Waals surface area contributed by atoms with Crippen LogP contribution in [-0.4, -0.2) is 64.9 Å². The highest BCUT2D eigenvalue weighted by molar-refractivity contribution is 6.04. The van der Waals surface area contributed by atoms with Crippen LogP contribution in [0.15, 0.2) is 54.7 Å². The minimum atomic E-state index is -0.639. The summed E-state index contributed by atoms with van der Waals surface area (Å²) >= 11 is 0. The molecule has 4 rings (SSSR count). The number of urea groups is 1. The first-order valence-electron chi connectivity index (χ1n) is 10.2. The van der Waals surface area contributed by atoms with Crippen LogP contribution >= 0.6 is 0 Å². The molecule has 2 aliphatic rings. The molecule has 2 aliphatic heterocycles. The van der Waals surface area contributed by atoms with Crippen molar-refractivity contribution in [3.05, 3.63) is 60.3 Å². The Morgan fingerprint density at radius 3 is 2.43 bits per heavy atom. The largest absolute Gasteiger partial charge is 0.353 e. The monoisotopic (exact) mass is 407 g/mol. The number of piperazine rings is 1. The maximum absolute atomic E-state index is 12.6. The van der Waals surface area contributed by atoms with Gasteiger partial charge in [0.2, 0.25) is 5.91 Å². The van der Waals surface area contributed by atoms with E-state index >= 15 is 0 Å². The van der Waals surface area contributed by atoms with Crippen LogP contribution in [0.5, 0.6) is 0 Å². The van der Waals surface area contributed by atoms with E-state index in [2.05, 4.69) is 15.2 Å². The van der Waals surface area contributed by atoms with Crippen molar-refractivity contribution in [2.75, 3.05) is 31.1 Å². The fraction of sp³-hybridized carbons (Fsp3) is 0.364. The Balaban J connectivity index is 1.25. The van der Waals surface area contributed by atoms with Gasteiger partial charge >= 0.3 is 6.03 Å². The maximum atomic E-state index is 12.6. The van der Waals surface area contributed by atoms with Crippen LogP contribution in [0, 0.1) is 0 Å². The Morgan fingerprint density at radius 2 is 1.73 bits per heavy atom. The van der Waals surface area contributed by atoms with Gasteiger partial charge in [-0.3, -0.25) is 14.5 Å². The molecule has 1 aromatic carbocycles. The van der Waals surface area contributed by atoms with Crippen molar-refractivity contribution in [1.82, 2.24) is 20.1 Å². The second-order valence-corrected chi connectivity index (χ2v) is 7.51. The van der Waals surface area contributed by atoms with E-state index < -0.39 is 12.1 Å². The van der Waals surface area contributed by atoms with Gasteiger partial charge in [-0.05, 0) is 24.1 Å². The molecule has 8 nitrogen and oxygen atoms in total. The highest BCUT2D eigenvalue weighted by Gasteiger charge is 2.38. The smallest absolute Gasteiger partial charge is 0.325 e. The molecular weight excluding hydrogens is 382 g/mol. The van der Waals surface area contributed by atoms with Gasteiger partial charge in [0.1, 0.15) is 11.9 Å². The number of anilines is 1. The molecule has 3 heterocycles. The van der Waals surface area contributed by atoms with E-state index in [0.29, 0.717) is 19.5 Å². The number of nitrogens with zero attached hydrogens (tertiary/aromatic N) is 4. The lowest BCUT2D eigenvalue weighted by Crippen LogP contribution is -2.49. The molecular formula is C22H25N5O3. The second kappa shape index (κ2) is 8.94. The molecule has 1 N–H and O–H groups in total. The summed E-state index contributed by atoms with van der Waals surface area (Å²) in [6.07, 6.45) is 2.31. The first-order valence-corrected chi connectivity index (χ1v) is 10.2. The normalized spacial score (nSPS) is 19.2. The Hall–Kier alpha value is -3.42. The molecule has 0 spiro atoms. The molecule has 0 radical (unpaired) electrons. The number of aromatic nitrogens is 1. The lowest BCUT2D eigenvalue weighted by atomic mass is 10.1. The summed E-state index contributed by atoms with van der Waals surface area (Å²) in [6.45, 7) is 2.95. The molecule has 0 bridgehead atoms. The number of pyridine rings is 1. The molecule has 0 aliphatic carbocycles. The predicted molar refractivity (Wildman–Crippen MR) is 112 cm³/mol. The van der Waals surface area contributed by atoms with Crippen LogP contribution in [-0.2, 0) is 16.1 Å². The zero-order chi connectivity index (χ0) is 20.9. The second-order valence-electron chi connectivity index (χ2n) is 7.51. The van der Waals surface area contributed by atoms with Crippen molar-refractivity contribution >= 4 is 23.7 Å². The third-order valence-electron chi connectivity index (χ3n) is 5.54. The molecule has 4 amide bonds. The summed E-state index contributed by atoms with van der Waals surface area (Å²) in [5.41, 5.74) is 0.892. The summed E-state index contributed by atoms with van der Waals surface area (Å²) < 4.78 is 0. The maximum Gasteiger partial charge on any atom is 0.325 e. The van der Waals surface area contributed by atoms with Gasteiger partial charge in [-0.25, -0.2) is 9.78 Å². The predicted octanol–water partition coefficient (Wildman–Crippen LogP) is 1.63. The lowest BCUT2D eigenvalue weighted by molar-refractivity contribution is -0.132. The molecule has 2 fully saturated rings. The van der Waals surface area contributed by atoms with E-state index in [1.807, 2.05) is 53.4 Å². The van der Waals surface area contributed by atoms with Gasteiger partial charge in [-0.1, -0.05) is 36.4 Å². The zero-order valence-corrected chi connectivity index (χ0v) is 16.7. The van der Waals surface area contributed by atoms with Crippen LogP contribution in [0.4, 0.5) is 10.6 Å². The van der Waals surface area contributed by atoms with Crippen molar-refractivity contribution in [2.24, 2.45) is 0 Å². The molecule has 1 atom stereocenters. The quantitative estimate of drug-likeness (QED) is 0.736. The summed E-state index contributed by atoms with van der Waals surface area (Å²) in [6, 6.07) is 14.2. The number of benzene rings is 1. The number of imide groups is 1. The number of rotatable bonds is 6. The topological polar surface area (TPSA) is 85.8 Å². The molecule has 156 valence electrons. The van der Waals surface area contributed by atoms with Gasteiger partial charge in [-0.2, -0.15) is 0 Å². The Bertz CT molecular complexity index is 898. The van der Waals surface area contributed by atoms with Gasteiger partial charge in [0.15, 0.2) is 0 Å². The van der Waals surface area contributed by atoms with Crippen molar-refractivity contribution < 1.29 is 14.4 Å². The molecule has 1 aromatic heterocycles. The zero-order valence-electron chi connectivity index (χ0n) is 16.7. The van der Waals surface area contributed by atoms with E-state index in [4.69, 9.17) is 0 Å². The van der Waals surface area contributed by atoms with Crippen molar-refractivity contribution in [1.29, 1.82) is 0 Å². The summed E-state index contributed by atoms with van der Waals surface area (Å²) in [7, 11) is 0. The fourth-order valence-corrected chi connectivity index (χ4v) is 3.84. The Morgan fingerprint density at radius 1 is 1.00 bits per heavy atom. The highest BCUT2D eigenvalue weighted by Crippen LogP contribution is 2.17. The third-order valence-corrected chi connectivity index (χ3v) is 5.54. The third kappa shape index (κ3) is 4.42. The van der Waals surface area contributed by atoms with Gasteiger partial charge < -0.3 is 15.1 Å². The van der Waals surface area contributed by atoms with Crippen LogP contribution in [0.1, 0.15) is 18.4 Å². The van der Waals surface area contributed by atoms with E-state index in [-0.39, 0.29) is 24.8 Å². The van der Waals surface area contributed by atoms with Crippen LogP contribution in [0.3, 0.4) is 0 Å². The van der Waals surface area contributed by atoms with E-state index in [1.54, 1.807) is 6.20 Å². The van der Waals surface area contributed by atoms with Crippen LogP contribution in [0.25, 0.3) is 0 Å². The minimum Gasteiger partial charge on any atom is -0.353 e. The number of hydrogen-bond donors (Lipinski definition) is 1. The first kappa shape index (κ1) is 19.9. The molecule has 8 heteroatoms. The summed E-state index contributed by atoms with van der Waals surface area (Å²) in [5.74, 6) is 0.665. The average molecular weight is 407 g/mol.